The van der Waals surface area contributed by atoms with Crippen LogP contribution in [0, 0.1) is 11.6 Å². The van der Waals surface area contributed by atoms with Crippen LogP contribution in [0.15, 0.2) is 65.6 Å². The number of anilines is 1. The fourth-order valence-electron chi connectivity index (χ4n) is 3.76. The molecule has 2 N–H and O–H groups in total. The molecule has 0 atom stereocenters. The minimum absolute atomic E-state index is 0.0426. The van der Waals surface area contributed by atoms with Crippen LogP contribution in [0.25, 0.3) is 10.9 Å². The van der Waals surface area contributed by atoms with Gasteiger partial charge in [0.25, 0.3) is 0 Å². The van der Waals surface area contributed by atoms with E-state index in [1.165, 1.54) is 16.8 Å². The third kappa shape index (κ3) is 4.83. The third-order valence-corrected chi connectivity index (χ3v) is 5.71. The molecule has 3 aromatic carbocycles. The molecule has 0 saturated heterocycles. The summed E-state index contributed by atoms with van der Waals surface area (Å²) in [5, 5.41) is 0.0928. The van der Waals surface area contributed by atoms with Gasteiger partial charge in [-0.05, 0) is 55.5 Å². The smallest absolute Gasteiger partial charge is 0.343 e. The molecule has 9 heteroatoms. The number of esters is 1. The summed E-state index contributed by atoms with van der Waals surface area (Å²) in [6, 6.07) is 13.3. The Hall–Kier alpha value is -3.91. The number of benzene rings is 3. The molecule has 0 fully saturated rings. The fourth-order valence-corrected chi connectivity index (χ4v) is 4.02. The van der Waals surface area contributed by atoms with Crippen LogP contribution in [0.4, 0.5) is 14.5 Å². The Morgan fingerprint density at radius 1 is 1.03 bits per heavy atom. The first-order chi connectivity index (χ1) is 16.8. The van der Waals surface area contributed by atoms with Crippen molar-refractivity contribution in [1.82, 2.24) is 4.57 Å². The van der Waals surface area contributed by atoms with Crippen LogP contribution in [-0.2, 0) is 17.2 Å². The van der Waals surface area contributed by atoms with E-state index in [1.54, 1.807) is 43.3 Å². The first kappa shape index (κ1) is 24.2. The summed E-state index contributed by atoms with van der Waals surface area (Å²) in [5.41, 5.74) is 5.79. The summed E-state index contributed by atoms with van der Waals surface area (Å²) in [5.74, 6) is -1.74. The maximum Gasteiger partial charge on any atom is 0.343 e. The van der Waals surface area contributed by atoms with Crippen molar-refractivity contribution in [3.05, 3.63) is 99.3 Å². The predicted octanol–water partition coefficient (Wildman–Crippen LogP) is 5.62. The number of carbonyl (C=O) groups is 1. The number of hydrogen-bond acceptors (Lipinski definition) is 5. The topological polar surface area (TPSA) is 83.6 Å². The Morgan fingerprint density at radius 3 is 2.34 bits per heavy atom. The number of halogens is 3. The molecule has 1 aromatic heterocycles. The SMILES string of the molecule is CCOC(=O)c1cn(Cc2c(F)cccc2F)c2ccc(Oc3ccc(N)cc3)c(CCl)c2c1=O. The Labute approximate surface area is 204 Å². The lowest BCUT2D eigenvalue weighted by atomic mass is 10.0. The van der Waals surface area contributed by atoms with Crippen molar-refractivity contribution in [2.24, 2.45) is 0 Å². The van der Waals surface area contributed by atoms with Crippen molar-refractivity contribution in [2.75, 3.05) is 12.3 Å². The van der Waals surface area contributed by atoms with Crippen molar-refractivity contribution in [3.8, 4) is 11.5 Å². The van der Waals surface area contributed by atoms with Gasteiger partial charge in [0.15, 0.2) is 0 Å². The van der Waals surface area contributed by atoms with Gasteiger partial charge in [-0.2, -0.15) is 0 Å². The molecule has 0 aliphatic carbocycles. The molecule has 0 saturated carbocycles. The standard InChI is InChI=1S/C26H21ClF2N2O4/c1-2-34-26(33)19-14-31(13-18-20(28)4-3-5-21(18)29)22-10-11-23(17(12-27)24(22)25(19)32)35-16-8-6-15(30)7-9-16/h3-11,14H,2,12-13,30H2,1H3. The van der Waals surface area contributed by atoms with E-state index in [9.17, 15) is 18.4 Å². The Morgan fingerprint density at radius 2 is 1.71 bits per heavy atom. The summed E-state index contributed by atoms with van der Waals surface area (Å²) in [6.45, 7) is 1.37. The number of aromatic nitrogens is 1. The average molecular weight is 499 g/mol. The van der Waals surface area contributed by atoms with Gasteiger partial charge in [0.05, 0.1) is 29.9 Å². The van der Waals surface area contributed by atoms with Gasteiger partial charge in [-0.3, -0.25) is 4.79 Å². The van der Waals surface area contributed by atoms with Gasteiger partial charge in [0.1, 0.15) is 28.7 Å². The van der Waals surface area contributed by atoms with Gasteiger partial charge < -0.3 is 19.8 Å². The van der Waals surface area contributed by atoms with Crippen LogP contribution in [-0.4, -0.2) is 17.1 Å². The number of alkyl halides is 1. The van der Waals surface area contributed by atoms with Crippen molar-refractivity contribution in [1.29, 1.82) is 0 Å². The first-order valence-electron chi connectivity index (χ1n) is 10.7. The number of nitrogens with two attached hydrogens (primary N) is 1. The molecule has 0 radical (unpaired) electrons. The molecule has 180 valence electrons. The first-order valence-corrected chi connectivity index (χ1v) is 11.3. The summed E-state index contributed by atoms with van der Waals surface area (Å²) < 4.78 is 41.2. The van der Waals surface area contributed by atoms with Crippen LogP contribution in [0.1, 0.15) is 28.4 Å². The summed E-state index contributed by atoms with van der Waals surface area (Å²) >= 11 is 6.25. The summed E-state index contributed by atoms with van der Waals surface area (Å²) in [4.78, 5) is 26.0. The fraction of sp³-hybridized carbons (Fsp3) is 0.154. The minimum atomic E-state index is -0.854. The predicted molar refractivity (Wildman–Crippen MR) is 130 cm³/mol. The molecule has 35 heavy (non-hydrogen) atoms. The summed E-state index contributed by atoms with van der Waals surface area (Å²) in [7, 11) is 0. The molecule has 0 amide bonds. The molecular formula is C26H21ClF2N2O4. The van der Waals surface area contributed by atoms with Crippen molar-refractivity contribution in [3.63, 3.8) is 0 Å². The van der Waals surface area contributed by atoms with Crippen molar-refractivity contribution >= 4 is 34.2 Å². The number of fused-ring (bicyclic) bond motifs is 1. The van der Waals surface area contributed by atoms with Crippen LogP contribution < -0.4 is 15.9 Å². The third-order valence-electron chi connectivity index (χ3n) is 5.44. The van der Waals surface area contributed by atoms with Crippen molar-refractivity contribution < 1.29 is 23.0 Å². The summed E-state index contributed by atoms with van der Waals surface area (Å²) in [6.07, 6.45) is 1.24. The minimum Gasteiger partial charge on any atom is -0.462 e. The zero-order chi connectivity index (χ0) is 25.1. The van der Waals surface area contributed by atoms with Gasteiger partial charge in [0, 0.05) is 23.0 Å². The lowest BCUT2D eigenvalue weighted by Crippen LogP contribution is -2.22. The molecule has 4 aromatic rings. The molecule has 4 rings (SSSR count). The molecule has 0 bridgehead atoms. The van der Waals surface area contributed by atoms with E-state index in [-0.39, 0.29) is 35.5 Å². The van der Waals surface area contributed by atoms with E-state index in [0.717, 1.165) is 12.1 Å². The Balaban J connectivity index is 1.95. The number of rotatable bonds is 7. The quantitative estimate of drug-likeness (QED) is 0.203. The second-order valence-electron chi connectivity index (χ2n) is 7.66. The second kappa shape index (κ2) is 10.1. The van der Waals surface area contributed by atoms with Gasteiger partial charge in [0.2, 0.25) is 5.43 Å². The molecule has 6 nitrogen and oxygen atoms in total. The van der Waals surface area contributed by atoms with Crippen LogP contribution in [0.3, 0.4) is 0 Å². The Kier molecular flexibility index (Phi) is 7.02. The van der Waals surface area contributed by atoms with Gasteiger partial charge >= 0.3 is 5.97 Å². The monoisotopic (exact) mass is 498 g/mol. The zero-order valence-electron chi connectivity index (χ0n) is 18.7. The van der Waals surface area contributed by atoms with E-state index in [1.807, 2.05) is 0 Å². The molecule has 0 aliphatic rings. The molecule has 1 heterocycles. The second-order valence-corrected chi connectivity index (χ2v) is 7.93. The average Bonchev–Trinajstić information content (AvgIpc) is 2.84. The van der Waals surface area contributed by atoms with E-state index >= 15 is 0 Å². The molecular weight excluding hydrogens is 478 g/mol. The number of carbonyl (C=O) groups excluding carboxylic acids is 1. The van der Waals surface area contributed by atoms with E-state index < -0.39 is 23.0 Å². The molecule has 0 unspecified atom stereocenters. The van der Waals surface area contributed by atoms with Crippen LogP contribution >= 0.6 is 11.6 Å². The lowest BCUT2D eigenvalue weighted by molar-refractivity contribution is 0.0524. The van der Waals surface area contributed by atoms with Gasteiger partial charge in [-0.25, -0.2) is 13.6 Å². The number of ether oxygens (including phenoxy) is 2. The zero-order valence-corrected chi connectivity index (χ0v) is 19.4. The highest BCUT2D eigenvalue weighted by molar-refractivity contribution is 6.18. The van der Waals surface area contributed by atoms with E-state index in [2.05, 4.69) is 0 Å². The van der Waals surface area contributed by atoms with E-state index in [0.29, 0.717) is 28.3 Å². The highest BCUT2D eigenvalue weighted by Crippen LogP contribution is 2.32. The van der Waals surface area contributed by atoms with Gasteiger partial charge in [-0.1, -0.05) is 6.07 Å². The highest BCUT2D eigenvalue weighted by atomic mass is 35.5. The maximum absolute atomic E-state index is 14.4. The number of nitrogens with zero attached hydrogens (tertiary/aromatic N) is 1. The largest absolute Gasteiger partial charge is 0.462 e. The lowest BCUT2D eigenvalue weighted by Gasteiger charge is -2.18. The number of pyridine rings is 1. The van der Waals surface area contributed by atoms with Gasteiger partial charge in [-0.15, -0.1) is 11.6 Å². The molecule has 0 spiro atoms. The van der Waals surface area contributed by atoms with Crippen LogP contribution in [0.2, 0.25) is 0 Å². The maximum atomic E-state index is 14.4. The highest BCUT2D eigenvalue weighted by Gasteiger charge is 2.22. The number of hydrogen-bond donors (Lipinski definition) is 1. The van der Waals surface area contributed by atoms with E-state index in [4.69, 9.17) is 26.8 Å². The van der Waals surface area contributed by atoms with Crippen LogP contribution in [0.5, 0.6) is 11.5 Å². The Bertz CT molecular complexity index is 1450. The van der Waals surface area contributed by atoms with Crippen molar-refractivity contribution in [2.45, 2.75) is 19.3 Å². The normalized spacial score (nSPS) is 11.0. The molecule has 0 aliphatic heterocycles. The number of nitrogen functional groups attached to an aromatic ring is 1.